The van der Waals surface area contributed by atoms with Crippen LogP contribution in [0.2, 0.25) is 0 Å². The summed E-state index contributed by atoms with van der Waals surface area (Å²) < 4.78 is 43.9. The average Bonchev–Trinajstić information content (AvgIpc) is 3.40. The molecule has 1 aliphatic rings. The minimum absolute atomic E-state index is 0.0109. The number of hydrogen-bond donors (Lipinski definition) is 3. The molecule has 5 rings (SSSR count). The van der Waals surface area contributed by atoms with Gasteiger partial charge in [-0.25, -0.2) is 9.97 Å². The highest BCUT2D eigenvalue weighted by atomic mass is 19.4. The summed E-state index contributed by atoms with van der Waals surface area (Å²) >= 11 is 0. The molecule has 10 heteroatoms. The lowest BCUT2D eigenvalue weighted by molar-refractivity contribution is -0.141. The zero-order valence-corrected chi connectivity index (χ0v) is 18.1. The maximum Gasteiger partial charge on any atom is 0.433 e. The molecule has 4 heterocycles. The second-order valence-corrected chi connectivity index (χ2v) is 9.00. The number of nitriles is 1. The molecule has 4 aromatic rings. The van der Waals surface area contributed by atoms with Gasteiger partial charge < -0.3 is 15.6 Å². The van der Waals surface area contributed by atoms with Gasteiger partial charge in [-0.3, -0.25) is 4.40 Å². The molecule has 1 fully saturated rings. The summed E-state index contributed by atoms with van der Waals surface area (Å²) in [5.41, 5.74) is 0.347. The van der Waals surface area contributed by atoms with Crippen LogP contribution in [0, 0.1) is 11.3 Å². The quantitative estimate of drug-likeness (QED) is 0.418. The number of aromatic amines is 1. The number of imidazole rings is 1. The molecule has 0 bridgehead atoms. The number of anilines is 1. The van der Waals surface area contributed by atoms with Crippen molar-refractivity contribution in [1.29, 1.82) is 5.26 Å². The van der Waals surface area contributed by atoms with E-state index in [1.165, 1.54) is 18.6 Å². The van der Waals surface area contributed by atoms with Crippen molar-refractivity contribution in [3.8, 4) is 17.3 Å². The van der Waals surface area contributed by atoms with E-state index in [-0.39, 0.29) is 22.9 Å². The van der Waals surface area contributed by atoms with Gasteiger partial charge in [0.1, 0.15) is 5.69 Å². The molecule has 0 saturated carbocycles. The molecule has 1 aromatic carbocycles. The molecule has 3 aromatic heterocycles. The number of halogens is 3. The Morgan fingerprint density at radius 3 is 2.82 bits per heavy atom. The maximum absolute atomic E-state index is 14.3. The van der Waals surface area contributed by atoms with Gasteiger partial charge in [0.05, 0.1) is 11.6 Å². The average molecular weight is 453 g/mol. The normalized spacial score (nSPS) is 18.5. The van der Waals surface area contributed by atoms with E-state index in [1.54, 1.807) is 18.2 Å². The summed E-state index contributed by atoms with van der Waals surface area (Å²) in [7, 11) is 0. The van der Waals surface area contributed by atoms with E-state index >= 15 is 0 Å². The number of rotatable bonds is 3. The van der Waals surface area contributed by atoms with E-state index < -0.39 is 11.9 Å². The van der Waals surface area contributed by atoms with Gasteiger partial charge in [0.15, 0.2) is 17.2 Å². The van der Waals surface area contributed by atoms with Crippen molar-refractivity contribution in [3.63, 3.8) is 0 Å². The first-order chi connectivity index (χ1) is 15.7. The summed E-state index contributed by atoms with van der Waals surface area (Å²) in [4.78, 5) is 11.6. The van der Waals surface area contributed by atoms with E-state index in [2.05, 4.69) is 39.4 Å². The van der Waals surface area contributed by atoms with Gasteiger partial charge in [0, 0.05) is 53.2 Å². The summed E-state index contributed by atoms with van der Waals surface area (Å²) in [6.07, 6.45) is 1.27. The molecule has 33 heavy (non-hydrogen) atoms. The fraction of sp³-hybridized carbons (Fsp3) is 0.348. The first kappa shape index (κ1) is 21.3. The summed E-state index contributed by atoms with van der Waals surface area (Å²) in [6.45, 7) is 4.92. The lowest BCUT2D eigenvalue weighted by Gasteiger charge is -2.36. The van der Waals surface area contributed by atoms with Gasteiger partial charge >= 0.3 is 6.18 Å². The fourth-order valence-electron chi connectivity index (χ4n) is 4.38. The molecule has 3 N–H and O–H groups in total. The topological polar surface area (TPSA) is 93.8 Å². The minimum Gasteiger partial charge on any atom is -0.363 e. The number of benzene rings is 1. The third kappa shape index (κ3) is 3.78. The van der Waals surface area contributed by atoms with Gasteiger partial charge in [-0.15, -0.1) is 0 Å². The van der Waals surface area contributed by atoms with Gasteiger partial charge in [-0.05, 0) is 38.8 Å². The zero-order valence-electron chi connectivity index (χ0n) is 18.1. The Balaban J connectivity index is 1.67. The van der Waals surface area contributed by atoms with Crippen LogP contribution in [0.3, 0.4) is 0 Å². The predicted molar refractivity (Wildman–Crippen MR) is 119 cm³/mol. The lowest BCUT2D eigenvalue weighted by atomic mass is 9.91. The van der Waals surface area contributed by atoms with Crippen molar-refractivity contribution in [3.05, 3.63) is 48.0 Å². The van der Waals surface area contributed by atoms with Crippen molar-refractivity contribution in [2.24, 2.45) is 0 Å². The van der Waals surface area contributed by atoms with E-state index in [9.17, 15) is 13.2 Å². The van der Waals surface area contributed by atoms with Crippen LogP contribution in [0.5, 0.6) is 0 Å². The Bertz CT molecular complexity index is 1380. The first-order valence-electron chi connectivity index (χ1n) is 10.6. The summed E-state index contributed by atoms with van der Waals surface area (Å²) in [6, 6.07) is 6.88. The predicted octanol–water partition coefficient (Wildman–Crippen LogP) is 4.71. The largest absolute Gasteiger partial charge is 0.433 e. The number of nitrogens with one attached hydrogen (secondary N) is 3. The van der Waals surface area contributed by atoms with Crippen molar-refractivity contribution in [1.82, 2.24) is 24.7 Å². The molecule has 1 atom stereocenters. The monoisotopic (exact) mass is 453 g/mol. The fourth-order valence-corrected chi connectivity index (χ4v) is 4.38. The molecule has 0 amide bonds. The highest BCUT2D eigenvalue weighted by Gasteiger charge is 2.39. The van der Waals surface area contributed by atoms with E-state index in [0.29, 0.717) is 34.4 Å². The Morgan fingerprint density at radius 2 is 2.12 bits per heavy atom. The van der Waals surface area contributed by atoms with E-state index in [1.807, 2.05) is 6.07 Å². The standard InChI is InChI=1S/C23H22F3N7/c1-22(2)6-5-14(11-30-22)31-20-21-28-7-8-33(21)19(23(24,25)26)18(32-20)16-12-29-17-9-13(10-27)3-4-15(16)17/h3-4,7-9,12,14,29-30H,5-6,11H2,1-2H3,(H,31,32)/t14-/m0/s1. The highest BCUT2D eigenvalue weighted by Crippen LogP contribution is 2.40. The Morgan fingerprint density at radius 1 is 1.30 bits per heavy atom. The Labute approximate surface area is 187 Å². The summed E-state index contributed by atoms with van der Waals surface area (Å²) in [5, 5.41) is 16.5. The molecule has 0 aliphatic carbocycles. The number of piperidine rings is 1. The van der Waals surface area contributed by atoms with Crippen LogP contribution in [0.25, 0.3) is 27.8 Å². The van der Waals surface area contributed by atoms with Gasteiger partial charge in [-0.2, -0.15) is 18.4 Å². The number of nitrogens with zero attached hydrogens (tertiary/aromatic N) is 4. The second-order valence-electron chi connectivity index (χ2n) is 9.00. The number of aromatic nitrogens is 4. The van der Waals surface area contributed by atoms with Gasteiger partial charge in [0.2, 0.25) is 0 Å². The lowest BCUT2D eigenvalue weighted by Crippen LogP contribution is -2.50. The van der Waals surface area contributed by atoms with Crippen molar-refractivity contribution >= 4 is 22.4 Å². The molecular weight excluding hydrogens is 431 g/mol. The van der Waals surface area contributed by atoms with Gasteiger partial charge in [0.25, 0.3) is 0 Å². The highest BCUT2D eigenvalue weighted by molar-refractivity contribution is 5.96. The van der Waals surface area contributed by atoms with Crippen LogP contribution in [0.1, 0.15) is 37.9 Å². The molecule has 0 radical (unpaired) electrons. The van der Waals surface area contributed by atoms with E-state index in [0.717, 1.165) is 17.2 Å². The van der Waals surface area contributed by atoms with Crippen LogP contribution < -0.4 is 10.6 Å². The third-order valence-corrected chi connectivity index (χ3v) is 6.16. The van der Waals surface area contributed by atoms with Crippen LogP contribution >= 0.6 is 0 Å². The summed E-state index contributed by atoms with van der Waals surface area (Å²) in [5.74, 6) is 0.303. The zero-order chi connectivity index (χ0) is 23.4. The minimum atomic E-state index is -4.66. The van der Waals surface area contributed by atoms with Crippen LogP contribution in [-0.4, -0.2) is 37.5 Å². The molecule has 7 nitrogen and oxygen atoms in total. The molecule has 0 unspecified atom stereocenters. The van der Waals surface area contributed by atoms with Crippen molar-refractivity contribution < 1.29 is 13.2 Å². The number of alkyl halides is 3. The molecule has 0 spiro atoms. The van der Waals surface area contributed by atoms with E-state index in [4.69, 9.17) is 5.26 Å². The van der Waals surface area contributed by atoms with Crippen molar-refractivity contribution in [2.75, 3.05) is 11.9 Å². The smallest absolute Gasteiger partial charge is 0.363 e. The SMILES string of the molecule is CC1(C)CC[C@H](Nc2nc(-c3c[nH]c4cc(C#N)ccc34)c(C(F)(F)F)n3ccnc23)CN1. The number of hydrogen-bond acceptors (Lipinski definition) is 5. The maximum atomic E-state index is 14.3. The molecular formula is C23H22F3N7. The number of fused-ring (bicyclic) bond motifs is 2. The molecule has 1 aliphatic heterocycles. The van der Waals surface area contributed by atoms with Crippen LogP contribution in [0.4, 0.5) is 19.0 Å². The first-order valence-corrected chi connectivity index (χ1v) is 10.6. The third-order valence-electron chi connectivity index (χ3n) is 6.16. The Kier molecular flexibility index (Phi) is 4.83. The van der Waals surface area contributed by atoms with Crippen molar-refractivity contribution in [2.45, 2.75) is 44.4 Å². The number of H-pyrrole nitrogens is 1. The Hall–Kier alpha value is -3.58. The van der Waals surface area contributed by atoms with Crippen LogP contribution in [0.15, 0.2) is 36.8 Å². The molecule has 1 saturated heterocycles. The second kappa shape index (κ2) is 7.49. The molecule has 170 valence electrons. The van der Waals surface area contributed by atoms with Crippen LogP contribution in [-0.2, 0) is 6.18 Å². The van der Waals surface area contributed by atoms with Gasteiger partial charge in [-0.1, -0.05) is 6.07 Å².